The van der Waals surface area contributed by atoms with E-state index in [0.29, 0.717) is 28.3 Å². The fraction of sp³-hybridized carbons (Fsp3) is 0.333. The first kappa shape index (κ1) is 12.1. The van der Waals surface area contributed by atoms with E-state index in [-0.39, 0.29) is 5.82 Å². The van der Waals surface area contributed by atoms with Crippen LogP contribution in [0.4, 0.5) is 4.39 Å². The van der Waals surface area contributed by atoms with Crippen LogP contribution in [0.2, 0.25) is 0 Å². The van der Waals surface area contributed by atoms with Crippen molar-refractivity contribution in [3.63, 3.8) is 0 Å². The highest BCUT2D eigenvalue weighted by Crippen LogP contribution is 2.22. The molecule has 0 saturated heterocycles. The maximum atomic E-state index is 13.4. The van der Waals surface area contributed by atoms with Gasteiger partial charge in [0.1, 0.15) is 5.82 Å². The Hall–Kier alpha value is -1.36. The molecule has 0 atom stereocenters. The molecule has 17 heavy (non-hydrogen) atoms. The lowest BCUT2D eigenvalue weighted by Crippen LogP contribution is -1.92. The van der Waals surface area contributed by atoms with Crippen LogP contribution in [-0.2, 0) is 6.42 Å². The van der Waals surface area contributed by atoms with Crippen molar-refractivity contribution in [2.45, 2.75) is 30.7 Å². The summed E-state index contributed by atoms with van der Waals surface area (Å²) in [5.41, 5.74) is 0.567. The van der Waals surface area contributed by atoms with Crippen molar-refractivity contribution < 1.29 is 8.81 Å². The van der Waals surface area contributed by atoms with Gasteiger partial charge >= 0.3 is 0 Å². The highest BCUT2D eigenvalue weighted by molar-refractivity contribution is 7.99. The molecule has 0 fully saturated rings. The van der Waals surface area contributed by atoms with Crippen LogP contribution in [-0.4, -0.2) is 15.4 Å². The molecule has 0 aliphatic rings. The minimum absolute atomic E-state index is 0.247. The second-order valence-electron chi connectivity index (χ2n) is 3.90. The first-order chi connectivity index (χ1) is 8.15. The molecule has 0 amide bonds. The number of halogens is 1. The van der Waals surface area contributed by atoms with Crippen LogP contribution in [0, 0.1) is 5.82 Å². The van der Waals surface area contributed by atoms with Crippen molar-refractivity contribution in [3.8, 4) is 0 Å². The maximum Gasteiger partial charge on any atom is 0.276 e. The van der Waals surface area contributed by atoms with Gasteiger partial charge in [-0.15, -0.1) is 10.2 Å². The van der Waals surface area contributed by atoms with Crippen LogP contribution in [0.15, 0.2) is 33.9 Å². The fourth-order valence-electron chi connectivity index (χ4n) is 1.36. The SMILES string of the molecule is CC(C)Sc1nnc(Cc2ccccc2F)o1. The van der Waals surface area contributed by atoms with Crippen molar-refractivity contribution in [2.75, 3.05) is 0 Å². The third-order valence-corrected chi connectivity index (χ3v) is 2.92. The van der Waals surface area contributed by atoms with Gasteiger partial charge in [0.25, 0.3) is 5.22 Å². The van der Waals surface area contributed by atoms with E-state index in [2.05, 4.69) is 10.2 Å². The topological polar surface area (TPSA) is 38.9 Å². The molecule has 0 unspecified atom stereocenters. The average Bonchev–Trinajstić information content (AvgIpc) is 2.68. The van der Waals surface area contributed by atoms with E-state index in [1.54, 1.807) is 18.2 Å². The third kappa shape index (κ3) is 3.30. The van der Waals surface area contributed by atoms with E-state index in [1.165, 1.54) is 17.8 Å². The van der Waals surface area contributed by atoms with E-state index in [0.717, 1.165) is 0 Å². The lowest BCUT2D eigenvalue weighted by atomic mass is 10.1. The third-order valence-electron chi connectivity index (χ3n) is 2.08. The zero-order valence-corrected chi connectivity index (χ0v) is 10.5. The first-order valence-corrected chi connectivity index (χ1v) is 6.25. The first-order valence-electron chi connectivity index (χ1n) is 5.37. The number of benzene rings is 1. The van der Waals surface area contributed by atoms with Gasteiger partial charge in [0, 0.05) is 5.25 Å². The van der Waals surface area contributed by atoms with Crippen molar-refractivity contribution in [3.05, 3.63) is 41.5 Å². The number of aromatic nitrogens is 2. The van der Waals surface area contributed by atoms with Crippen molar-refractivity contribution in [2.24, 2.45) is 0 Å². The quantitative estimate of drug-likeness (QED) is 0.783. The van der Waals surface area contributed by atoms with Crippen LogP contribution in [0.25, 0.3) is 0 Å². The second kappa shape index (κ2) is 5.31. The zero-order chi connectivity index (χ0) is 12.3. The summed E-state index contributed by atoms with van der Waals surface area (Å²) in [5.74, 6) is 0.196. The molecule has 0 saturated carbocycles. The molecule has 0 spiro atoms. The number of rotatable bonds is 4. The molecule has 1 aromatic heterocycles. The number of thioether (sulfide) groups is 1. The molecule has 2 aromatic rings. The molecule has 0 radical (unpaired) electrons. The van der Waals surface area contributed by atoms with Gasteiger partial charge in [0.15, 0.2) is 0 Å². The molecule has 1 aromatic carbocycles. The van der Waals surface area contributed by atoms with E-state index < -0.39 is 0 Å². The van der Waals surface area contributed by atoms with E-state index in [4.69, 9.17) is 4.42 Å². The maximum absolute atomic E-state index is 13.4. The van der Waals surface area contributed by atoms with Crippen LogP contribution >= 0.6 is 11.8 Å². The highest BCUT2D eigenvalue weighted by atomic mass is 32.2. The predicted octanol–water partition coefficient (Wildman–Crippen LogP) is 3.30. The van der Waals surface area contributed by atoms with E-state index in [9.17, 15) is 4.39 Å². The number of hydrogen-bond acceptors (Lipinski definition) is 4. The molecule has 0 bridgehead atoms. The number of nitrogens with zero attached hydrogens (tertiary/aromatic N) is 2. The Morgan fingerprint density at radius 2 is 2.06 bits per heavy atom. The average molecular weight is 252 g/mol. The Morgan fingerprint density at radius 3 is 2.76 bits per heavy atom. The predicted molar refractivity (Wildman–Crippen MR) is 64.5 cm³/mol. The number of hydrogen-bond donors (Lipinski definition) is 0. The highest BCUT2D eigenvalue weighted by Gasteiger charge is 2.10. The largest absolute Gasteiger partial charge is 0.416 e. The molecule has 1 heterocycles. The summed E-state index contributed by atoms with van der Waals surface area (Å²) >= 11 is 1.50. The van der Waals surface area contributed by atoms with Gasteiger partial charge in [0.2, 0.25) is 5.89 Å². The van der Waals surface area contributed by atoms with Crippen LogP contribution < -0.4 is 0 Å². The summed E-state index contributed by atoms with van der Waals surface area (Å²) in [6, 6.07) is 6.59. The Morgan fingerprint density at radius 1 is 1.29 bits per heavy atom. The molecule has 90 valence electrons. The van der Waals surface area contributed by atoms with Crippen LogP contribution in [0.1, 0.15) is 25.3 Å². The van der Waals surface area contributed by atoms with E-state index in [1.807, 2.05) is 13.8 Å². The smallest absolute Gasteiger partial charge is 0.276 e. The molecule has 3 nitrogen and oxygen atoms in total. The summed E-state index contributed by atoms with van der Waals surface area (Å²) < 4.78 is 18.8. The van der Waals surface area contributed by atoms with Gasteiger partial charge in [-0.3, -0.25) is 0 Å². The summed E-state index contributed by atoms with van der Waals surface area (Å²) in [5, 5.41) is 8.73. The van der Waals surface area contributed by atoms with Gasteiger partial charge in [-0.25, -0.2) is 4.39 Å². The Kier molecular flexibility index (Phi) is 3.78. The minimum Gasteiger partial charge on any atom is -0.416 e. The van der Waals surface area contributed by atoms with Crippen molar-refractivity contribution >= 4 is 11.8 Å². The summed E-state index contributed by atoms with van der Waals surface area (Å²) in [6.45, 7) is 4.09. The Bertz CT molecular complexity index is 499. The lowest BCUT2D eigenvalue weighted by molar-refractivity contribution is 0.418. The lowest BCUT2D eigenvalue weighted by Gasteiger charge is -1.99. The van der Waals surface area contributed by atoms with Crippen molar-refractivity contribution in [1.29, 1.82) is 0 Å². The van der Waals surface area contributed by atoms with Gasteiger partial charge in [-0.2, -0.15) is 0 Å². The monoisotopic (exact) mass is 252 g/mol. The van der Waals surface area contributed by atoms with Gasteiger partial charge in [0.05, 0.1) is 6.42 Å². The van der Waals surface area contributed by atoms with E-state index >= 15 is 0 Å². The van der Waals surface area contributed by atoms with Gasteiger partial charge in [-0.05, 0) is 11.6 Å². The van der Waals surface area contributed by atoms with Gasteiger partial charge < -0.3 is 4.42 Å². The molecule has 2 rings (SSSR count). The van der Waals surface area contributed by atoms with Crippen LogP contribution in [0.3, 0.4) is 0 Å². The summed E-state index contributed by atoms with van der Waals surface area (Å²) in [7, 11) is 0. The van der Waals surface area contributed by atoms with Crippen LogP contribution in [0.5, 0.6) is 0 Å². The Labute approximate surface area is 103 Å². The van der Waals surface area contributed by atoms with Crippen molar-refractivity contribution in [1.82, 2.24) is 10.2 Å². The minimum atomic E-state index is -0.247. The molecule has 5 heteroatoms. The zero-order valence-electron chi connectivity index (χ0n) is 9.68. The Balaban J connectivity index is 2.09. The molecule has 0 aliphatic heterocycles. The summed E-state index contributed by atoms with van der Waals surface area (Å²) in [6.07, 6.45) is 0.332. The molecular weight excluding hydrogens is 239 g/mol. The normalized spacial score (nSPS) is 11.1. The van der Waals surface area contributed by atoms with Gasteiger partial charge in [-0.1, -0.05) is 43.8 Å². The standard InChI is InChI=1S/C12H13FN2OS/c1-8(2)17-12-15-14-11(16-12)7-9-5-3-4-6-10(9)13/h3-6,8H,7H2,1-2H3. The molecular formula is C12H13FN2OS. The molecule has 0 N–H and O–H groups in total. The fourth-order valence-corrected chi connectivity index (χ4v) is 2.00. The summed E-state index contributed by atoms with van der Waals surface area (Å²) in [4.78, 5) is 0. The second-order valence-corrected chi connectivity index (χ2v) is 5.42. The molecule has 0 aliphatic carbocycles.